The predicted octanol–water partition coefficient (Wildman–Crippen LogP) is 1.99. The summed E-state index contributed by atoms with van der Waals surface area (Å²) < 4.78 is 0. The molecule has 1 saturated carbocycles. The minimum Gasteiger partial charge on any atom is -0.478 e. The van der Waals surface area contributed by atoms with Crippen LogP contribution in [0.3, 0.4) is 0 Å². The van der Waals surface area contributed by atoms with Gasteiger partial charge in [0.05, 0.1) is 12.2 Å². The highest BCUT2D eigenvalue weighted by molar-refractivity contribution is 6.01. The first-order valence-electron chi connectivity index (χ1n) is 6.62. The van der Waals surface area contributed by atoms with Crippen molar-refractivity contribution in [1.29, 1.82) is 0 Å². The molecule has 1 aliphatic carbocycles. The van der Waals surface area contributed by atoms with Gasteiger partial charge in [0.1, 0.15) is 0 Å². The molecule has 1 aliphatic rings. The SMILES string of the molecule is CC(C(=O)O)=C(C)C(=O)N(Cc1ccccn1)C1CC1. The number of amides is 1. The third-order valence-corrected chi connectivity index (χ3v) is 3.51. The van der Waals surface area contributed by atoms with Crippen molar-refractivity contribution in [2.45, 2.75) is 39.3 Å². The summed E-state index contributed by atoms with van der Waals surface area (Å²) in [7, 11) is 0. The van der Waals surface area contributed by atoms with E-state index in [2.05, 4.69) is 4.98 Å². The van der Waals surface area contributed by atoms with E-state index in [4.69, 9.17) is 5.11 Å². The van der Waals surface area contributed by atoms with Gasteiger partial charge in [0.15, 0.2) is 0 Å². The smallest absolute Gasteiger partial charge is 0.331 e. The molecule has 0 unspecified atom stereocenters. The van der Waals surface area contributed by atoms with E-state index in [9.17, 15) is 9.59 Å². The third kappa shape index (κ3) is 3.23. The summed E-state index contributed by atoms with van der Waals surface area (Å²) in [5.41, 5.74) is 1.20. The Kier molecular flexibility index (Phi) is 4.17. The number of rotatable bonds is 5. The van der Waals surface area contributed by atoms with Gasteiger partial charge in [-0.25, -0.2) is 4.79 Å². The zero-order valence-electron chi connectivity index (χ0n) is 11.7. The molecule has 5 heteroatoms. The summed E-state index contributed by atoms with van der Waals surface area (Å²) in [4.78, 5) is 29.4. The van der Waals surface area contributed by atoms with Gasteiger partial charge in [-0.1, -0.05) is 6.07 Å². The van der Waals surface area contributed by atoms with Gasteiger partial charge >= 0.3 is 5.97 Å². The van der Waals surface area contributed by atoms with Crippen molar-refractivity contribution in [3.8, 4) is 0 Å². The van der Waals surface area contributed by atoms with Crippen molar-refractivity contribution in [1.82, 2.24) is 9.88 Å². The number of carboxylic acids is 1. The summed E-state index contributed by atoms with van der Waals surface area (Å²) in [5, 5.41) is 8.99. The van der Waals surface area contributed by atoms with Gasteiger partial charge in [-0.15, -0.1) is 0 Å². The standard InChI is InChI=1S/C15H18N2O3/c1-10(11(2)15(19)20)14(18)17(13-6-7-13)9-12-5-3-4-8-16-12/h3-5,8,13H,6-7,9H2,1-2H3,(H,19,20). The van der Waals surface area contributed by atoms with Crippen LogP contribution in [0.5, 0.6) is 0 Å². The first-order valence-corrected chi connectivity index (χ1v) is 6.62. The molecule has 0 saturated heterocycles. The topological polar surface area (TPSA) is 70.5 Å². The number of hydrogen-bond acceptors (Lipinski definition) is 3. The summed E-state index contributed by atoms with van der Waals surface area (Å²) >= 11 is 0. The number of carbonyl (C=O) groups excluding carboxylic acids is 1. The zero-order chi connectivity index (χ0) is 14.7. The average Bonchev–Trinajstić information content (AvgIpc) is 3.28. The summed E-state index contributed by atoms with van der Waals surface area (Å²) in [6.45, 7) is 3.45. The van der Waals surface area contributed by atoms with Crippen LogP contribution in [-0.4, -0.2) is 32.9 Å². The van der Waals surface area contributed by atoms with Crippen molar-refractivity contribution in [2.75, 3.05) is 0 Å². The van der Waals surface area contributed by atoms with Gasteiger partial charge in [-0.2, -0.15) is 0 Å². The van der Waals surface area contributed by atoms with E-state index in [1.54, 1.807) is 18.0 Å². The van der Waals surface area contributed by atoms with Crippen molar-refractivity contribution < 1.29 is 14.7 Å². The maximum atomic E-state index is 12.5. The highest BCUT2D eigenvalue weighted by Gasteiger charge is 2.34. The van der Waals surface area contributed by atoms with E-state index in [0.717, 1.165) is 18.5 Å². The first-order chi connectivity index (χ1) is 9.50. The normalized spacial score (nSPS) is 15.5. The lowest BCUT2D eigenvalue weighted by Crippen LogP contribution is -2.34. The quantitative estimate of drug-likeness (QED) is 0.834. The monoisotopic (exact) mass is 274 g/mol. The molecular formula is C15H18N2O3. The van der Waals surface area contributed by atoms with E-state index in [1.165, 1.54) is 6.92 Å². The van der Waals surface area contributed by atoms with Gasteiger partial charge in [0.2, 0.25) is 0 Å². The highest BCUT2D eigenvalue weighted by atomic mass is 16.4. The molecule has 1 fully saturated rings. The zero-order valence-corrected chi connectivity index (χ0v) is 11.7. The maximum Gasteiger partial charge on any atom is 0.331 e. The van der Waals surface area contributed by atoms with E-state index in [1.807, 2.05) is 18.2 Å². The number of aromatic nitrogens is 1. The number of pyridine rings is 1. The van der Waals surface area contributed by atoms with Crippen molar-refractivity contribution in [3.05, 3.63) is 41.2 Å². The molecule has 1 amide bonds. The molecule has 0 spiro atoms. The van der Waals surface area contributed by atoms with Crippen molar-refractivity contribution in [3.63, 3.8) is 0 Å². The Hall–Kier alpha value is -2.17. The van der Waals surface area contributed by atoms with E-state index >= 15 is 0 Å². The highest BCUT2D eigenvalue weighted by Crippen LogP contribution is 2.29. The molecule has 1 aromatic heterocycles. The van der Waals surface area contributed by atoms with Crippen LogP contribution in [0.2, 0.25) is 0 Å². The number of carbonyl (C=O) groups is 2. The van der Waals surface area contributed by atoms with Crippen LogP contribution in [0.25, 0.3) is 0 Å². The van der Waals surface area contributed by atoms with Crippen LogP contribution in [0.15, 0.2) is 35.5 Å². The molecule has 20 heavy (non-hydrogen) atoms. The fourth-order valence-corrected chi connectivity index (χ4v) is 1.96. The molecule has 1 heterocycles. The van der Waals surface area contributed by atoms with Crippen LogP contribution < -0.4 is 0 Å². The minimum absolute atomic E-state index is 0.0988. The molecule has 1 aromatic rings. The molecule has 0 radical (unpaired) electrons. The lowest BCUT2D eigenvalue weighted by Gasteiger charge is -2.23. The molecule has 106 valence electrons. The lowest BCUT2D eigenvalue weighted by molar-refractivity contribution is -0.134. The van der Waals surface area contributed by atoms with Gasteiger partial charge in [-0.05, 0) is 38.8 Å². The number of aliphatic carboxylic acids is 1. The Bertz CT molecular complexity index is 547. The summed E-state index contributed by atoms with van der Waals surface area (Å²) in [5.74, 6) is -1.26. The van der Waals surface area contributed by atoms with Gasteiger partial charge in [-0.3, -0.25) is 9.78 Å². The minimum atomic E-state index is -1.05. The maximum absolute atomic E-state index is 12.5. The van der Waals surface area contributed by atoms with Crippen molar-refractivity contribution in [2.24, 2.45) is 0 Å². The van der Waals surface area contributed by atoms with E-state index in [-0.39, 0.29) is 17.5 Å². The van der Waals surface area contributed by atoms with Crippen LogP contribution in [0.4, 0.5) is 0 Å². The Labute approximate surface area is 117 Å². The lowest BCUT2D eigenvalue weighted by atomic mass is 10.1. The Morgan fingerprint density at radius 3 is 2.50 bits per heavy atom. The van der Waals surface area contributed by atoms with Gasteiger partial charge in [0.25, 0.3) is 5.91 Å². The van der Waals surface area contributed by atoms with Gasteiger partial charge < -0.3 is 10.0 Å². The van der Waals surface area contributed by atoms with Crippen LogP contribution >= 0.6 is 0 Å². The average molecular weight is 274 g/mol. The molecule has 0 bridgehead atoms. The van der Waals surface area contributed by atoms with Gasteiger partial charge in [0, 0.05) is 23.4 Å². The largest absolute Gasteiger partial charge is 0.478 e. The second-order valence-corrected chi connectivity index (χ2v) is 5.04. The van der Waals surface area contributed by atoms with E-state index in [0.29, 0.717) is 12.1 Å². The van der Waals surface area contributed by atoms with Crippen LogP contribution in [0, 0.1) is 0 Å². The molecule has 5 nitrogen and oxygen atoms in total. The predicted molar refractivity (Wildman–Crippen MR) is 73.8 cm³/mol. The summed E-state index contributed by atoms with van der Waals surface area (Å²) in [6.07, 6.45) is 3.63. The van der Waals surface area contributed by atoms with Crippen LogP contribution in [0.1, 0.15) is 32.4 Å². The second kappa shape index (κ2) is 5.86. The second-order valence-electron chi connectivity index (χ2n) is 5.04. The molecule has 2 rings (SSSR count). The molecule has 0 aliphatic heterocycles. The fourth-order valence-electron chi connectivity index (χ4n) is 1.96. The molecule has 0 aromatic carbocycles. The van der Waals surface area contributed by atoms with Crippen LogP contribution in [-0.2, 0) is 16.1 Å². The fraction of sp³-hybridized carbons (Fsp3) is 0.400. The number of carboxylic acid groups (broad SMARTS) is 1. The Morgan fingerprint density at radius 2 is 2.00 bits per heavy atom. The molecular weight excluding hydrogens is 256 g/mol. The molecule has 0 atom stereocenters. The van der Waals surface area contributed by atoms with E-state index < -0.39 is 5.97 Å². The van der Waals surface area contributed by atoms with Crippen molar-refractivity contribution >= 4 is 11.9 Å². The number of nitrogens with zero attached hydrogens (tertiary/aromatic N) is 2. The third-order valence-electron chi connectivity index (χ3n) is 3.51. The number of hydrogen-bond donors (Lipinski definition) is 1. The first kappa shape index (κ1) is 14.2. The Morgan fingerprint density at radius 1 is 1.30 bits per heavy atom. The Balaban J connectivity index is 2.19. The summed E-state index contributed by atoms with van der Waals surface area (Å²) in [6, 6.07) is 5.78. The molecule has 1 N–H and O–H groups in total.